The van der Waals surface area contributed by atoms with Gasteiger partial charge in [0.1, 0.15) is 17.8 Å². The number of nitrogens with one attached hydrogen (secondary N) is 1. The van der Waals surface area contributed by atoms with Gasteiger partial charge >= 0.3 is 6.18 Å². The van der Waals surface area contributed by atoms with E-state index in [0.717, 1.165) is 17.0 Å². The molecule has 1 aliphatic rings. The van der Waals surface area contributed by atoms with Crippen LogP contribution in [0, 0.1) is 11.6 Å². The lowest BCUT2D eigenvalue weighted by Gasteiger charge is -2.25. The molecule has 0 spiro atoms. The third kappa shape index (κ3) is 3.49. The topological polar surface area (TPSA) is 32.3 Å². The average Bonchev–Trinajstić information content (AvgIpc) is 2.62. The van der Waals surface area contributed by atoms with Crippen LogP contribution in [0.4, 0.5) is 22.0 Å². The maximum absolute atomic E-state index is 13.8. The van der Waals surface area contributed by atoms with Crippen LogP contribution in [-0.4, -0.2) is 29.6 Å². The van der Waals surface area contributed by atoms with Gasteiger partial charge in [-0.05, 0) is 19.1 Å². The molecular formula is C13H13F5N2O. The molecule has 1 fully saturated rings. The first-order valence-electron chi connectivity index (χ1n) is 6.27. The van der Waals surface area contributed by atoms with E-state index in [-0.39, 0.29) is 5.56 Å². The second-order valence-corrected chi connectivity index (χ2v) is 4.85. The Hall–Kier alpha value is -1.70. The molecule has 0 bridgehead atoms. The number of amides is 1. The van der Waals surface area contributed by atoms with Gasteiger partial charge in [-0.3, -0.25) is 10.1 Å². The van der Waals surface area contributed by atoms with Gasteiger partial charge in [0.15, 0.2) is 0 Å². The van der Waals surface area contributed by atoms with Gasteiger partial charge in [-0.15, -0.1) is 0 Å². The van der Waals surface area contributed by atoms with E-state index in [9.17, 15) is 26.7 Å². The molecular weight excluding hydrogens is 295 g/mol. The maximum Gasteiger partial charge on any atom is 0.390 e. The van der Waals surface area contributed by atoms with E-state index >= 15 is 0 Å². The normalized spacial score (nSPS) is 23.0. The molecule has 0 aromatic heterocycles. The van der Waals surface area contributed by atoms with Crippen LogP contribution >= 0.6 is 0 Å². The molecule has 1 amide bonds. The zero-order valence-corrected chi connectivity index (χ0v) is 11.0. The average molecular weight is 308 g/mol. The summed E-state index contributed by atoms with van der Waals surface area (Å²) in [6, 6.07) is 2.02. The van der Waals surface area contributed by atoms with Crippen LogP contribution in [0.5, 0.6) is 0 Å². The van der Waals surface area contributed by atoms with Crippen molar-refractivity contribution in [2.45, 2.75) is 31.7 Å². The Morgan fingerprint density at radius 3 is 2.52 bits per heavy atom. The molecule has 8 heteroatoms. The fourth-order valence-corrected chi connectivity index (χ4v) is 2.24. The van der Waals surface area contributed by atoms with Crippen LogP contribution < -0.4 is 5.32 Å². The standard InChI is InChI=1S/C13H13F5N2O/c1-7-12(21)20(5-4-13(16,17)18)11(19-7)9-3-2-8(14)6-10(9)15/h2-3,6-7,11,19H,4-5H2,1H3. The summed E-state index contributed by atoms with van der Waals surface area (Å²) >= 11 is 0. The minimum Gasteiger partial charge on any atom is -0.321 e. The van der Waals surface area contributed by atoms with Crippen molar-refractivity contribution in [3.05, 3.63) is 35.4 Å². The SMILES string of the molecule is CC1NC(c2ccc(F)cc2F)N(CCC(F)(F)F)C1=O. The molecule has 0 radical (unpaired) electrons. The van der Waals surface area contributed by atoms with Crippen LogP contribution in [0.1, 0.15) is 25.1 Å². The van der Waals surface area contributed by atoms with Gasteiger partial charge < -0.3 is 4.90 Å². The zero-order valence-electron chi connectivity index (χ0n) is 11.0. The molecule has 1 aliphatic heterocycles. The van der Waals surface area contributed by atoms with E-state index in [4.69, 9.17) is 0 Å². The number of carbonyl (C=O) groups excluding carboxylic acids is 1. The van der Waals surface area contributed by atoms with Crippen molar-refractivity contribution in [1.82, 2.24) is 10.2 Å². The van der Waals surface area contributed by atoms with Gasteiger partial charge in [0.25, 0.3) is 0 Å². The summed E-state index contributed by atoms with van der Waals surface area (Å²) in [5.41, 5.74) is -0.0590. The Labute approximate surface area is 117 Å². The minimum atomic E-state index is -4.42. The Balaban J connectivity index is 2.25. The second-order valence-electron chi connectivity index (χ2n) is 4.85. The van der Waals surface area contributed by atoms with Gasteiger partial charge in [0.05, 0.1) is 12.5 Å². The smallest absolute Gasteiger partial charge is 0.321 e. The van der Waals surface area contributed by atoms with Gasteiger partial charge in [-0.2, -0.15) is 13.2 Å². The number of carbonyl (C=O) groups is 1. The van der Waals surface area contributed by atoms with Gasteiger partial charge in [0, 0.05) is 18.2 Å². The first-order chi connectivity index (χ1) is 9.69. The molecule has 1 saturated heterocycles. The van der Waals surface area contributed by atoms with E-state index in [0.29, 0.717) is 6.07 Å². The molecule has 1 aromatic carbocycles. The van der Waals surface area contributed by atoms with Crippen molar-refractivity contribution in [1.29, 1.82) is 0 Å². The van der Waals surface area contributed by atoms with Crippen molar-refractivity contribution in [3.8, 4) is 0 Å². The number of rotatable bonds is 3. The van der Waals surface area contributed by atoms with E-state index in [2.05, 4.69) is 5.32 Å². The summed E-state index contributed by atoms with van der Waals surface area (Å²) in [4.78, 5) is 12.8. The van der Waals surface area contributed by atoms with E-state index in [1.807, 2.05) is 0 Å². The Morgan fingerprint density at radius 1 is 1.29 bits per heavy atom. The Kier molecular flexibility index (Phi) is 4.18. The van der Waals surface area contributed by atoms with Crippen molar-refractivity contribution in [2.75, 3.05) is 6.54 Å². The molecule has 3 nitrogen and oxygen atoms in total. The lowest BCUT2D eigenvalue weighted by atomic mass is 10.1. The largest absolute Gasteiger partial charge is 0.390 e. The number of halogens is 5. The molecule has 0 saturated carbocycles. The Bertz CT molecular complexity index is 546. The highest BCUT2D eigenvalue weighted by Crippen LogP contribution is 2.30. The molecule has 0 aliphatic carbocycles. The predicted molar refractivity (Wildman–Crippen MR) is 64.1 cm³/mol. The number of hydrogen-bond acceptors (Lipinski definition) is 2. The van der Waals surface area contributed by atoms with Gasteiger partial charge in [0.2, 0.25) is 5.91 Å². The second kappa shape index (κ2) is 5.59. The third-order valence-electron chi connectivity index (χ3n) is 3.27. The highest BCUT2D eigenvalue weighted by Gasteiger charge is 2.40. The van der Waals surface area contributed by atoms with Crippen LogP contribution in [0.25, 0.3) is 0 Å². The van der Waals surface area contributed by atoms with Crippen LogP contribution in [0.15, 0.2) is 18.2 Å². The van der Waals surface area contributed by atoms with Crippen LogP contribution in [0.2, 0.25) is 0 Å². The van der Waals surface area contributed by atoms with E-state index < -0.39 is 48.9 Å². The summed E-state index contributed by atoms with van der Waals surface area (Å²) in [6.45, 7) is 0.894. The van der Waals surface area contributed by atoms with Crippen LogP contribution in [0.3, 0.4) is 0 Å². The Morgan fingerprint density at radius 2 is 1.95 bits per heavy atom. The number of alkyl halides is 3. The monoisotopic (exact) mass is 308 g/mol. The fraction of sp³-hybridized carbons (Fsp3) is 0.462. The molecule has 1 N–H and O–H groups in total. The summed E-state index contributed by atoms with van der Waals surface area (Å²) in [6.07, 6.45) is -6.64. The number of hydrogen-bond donors (Lipinski definition) is 1. The third-order valence-corrected chi connectivity index (χ3v) is 3.27. The molecule has 2 rings (SSSR count). The predicted octanol–water partition coefficient (Wildman–Crippen LogP) is 2.74. The molecule has 2 atom stereocenters. The molecule has 1 aromatic rings. The quantitative estimate of drug-likeness (QED) is 0.871. The molecule has 116 valence electrons. The van der Waals surface area contributed by atoms with Crippen molar-refractivity contribution < 1.29 is 26.7 Å². The maximum atomic E-state index is 13.8. The summed E-state index contributed by atoms with van der Waals surface area (Å²) in [5, 5.41) is 2.71. The first kappa shape index (κ1) is 15.7. The molecule has 2 unspecified atom stereocenters. The lowest BCUT2D eigenvalue weighted by molar-refractivity contribution is -0.145. The lowest BCUT2D eigenvalue weighted by Crippen LogP contribution is -2.34. The summed E-state index contributed by atoms with van der Waals surface area (Å²) in [5.74, 6) is -2.25. The van der Waals surface area contributed by atoms with E-state index in [1.165, 1.54) is 6.92 Å². The van der Waals surface area contributed by atoms with E-state index in [1.54, 1.807) is 0 Å². The highest BCUT2D eigenvalue weighted by atomic mass is 19.4. The van der Waals surface area contributed by atoms with Gasteiger partial charge in [-0.1, -0.05) is 0 Å². The fourth-order valence-electron chi connectivity index (χ4n) is 2.24. The van der Waals surface area contributed by atoms with Crippen molar-refractivity contribution in [3.63, 3.8) is 0 Å². The molecule has 21 heavy (non-hydrogen) atoms. The number of benzene rings is 1. The first-order valence-corrected chi connectivity index (χ1v) is 6.27. The summed E-state index contributed by atoms with van der Waals surface area (Å²) in [7, 11) is 0. The minimum absolute atomic E-state index is 0.0590. The number of nitrogens with zero attached hydrogens (tertiary/aromatic N) is 1. The zero-order chi connectivity index (χ0) is 15.8. The summed E-state index contributed by atoms with van der Waals surface area (Å²) < 4.78 is 63.6. The molecule has 1 heterocycles. The van der Waals surface area contributed by atoms with Crippen molar-refractivity contribution in [2.24, 2.45) is 0 Å². The highest BCUT2D eigenvalue weighted by molar-refractivity contribution is 5.84. The van der Waals surface area contributed by atoms with Crippen LogP contribution in [-0.2, 0) is 4.79 Å². The van der Waals surface area contributed by atoms with Crippen molar-refractivity contribution >= 4 is 5.91 Å². The van der Waals surface area contributed by atoms with Gasteiger partial charge in [-0.25, -0.2) is 8.78 Å².